The fourth-order valence-electron chi connectivity index (χ4n) is 2.44. The average molecular weight is 275 g/mol. The lowest BCUT2D eigenvalue weighted by atomic mass is 9.75. The van der Waals surface area contributed by atoms with Crippen molar-refractivity contribution in [2.24, 2.45) is 0 Å². The van der Waals surface area contributed by atoms with Crippen LogP contribution in [-0.2, 0) is 0 Å². The van der Waals surface area contributed by atoms with E-state index in [2.05, 4.69) is 5.32 Å². The Morgan fingerprint density at radius 3 is 2.47 bits per heavy atom. The SMILES string of the molecule is Fc1ccccc1C1CC(NCCCC(F)(F)F)C1. The summed E-state index contributed by atoms with van der Waals surface area (Å²) in [5.74, 6) is 0.00402. The minimum Gasteiger partial charge on any atom is -0.314 e. The van der Waals surface area contributed by atoms with E-state index in [1.54, 1.807) is 12.1 Å². The largest absolute Gasteiger partial charge is 0.389 e. The molecule has 0 aromatic heterocycles. The molecule has 106 valence electrons. The summed E-state index contributed by atoms with van der Waals surface area (Å²) in [6, 6.07) is 6.91. The van der Waals surface area contributed by atoms with E-state index in [1.165, 1.54) is 6.07 Å². The van der Waals surface area contributed by atoms with E-state index in [9.17, 15) is 17.6 Å². The molecular weight excluding hydrogens is 258 g/mol. The summed E-state index contributed by atoms with van der Waals surface area (Å²) in [6.45, 7) is 0.369. The van der Waals surface area contributed by atoms with Crippen LogP contribution in [0.3, 0.4) is 0 Å². The molecule has 0 bridgehead atoms. The molecule has 2 rings (SSSR count). The maximum absolute atomic E-state index is 13.5. The number of alkyl halides is 3. The second-order valence-electron chi connectivity index (χ2n) is 5.06. The first kappa shape index (κ1) is 14.3. The molecule has 0 heterocycles. The van der Waals surface area contributed by atoms with Gasteiger partial charge in [-0.1, -0.05) is 18.2 Å². The highest BCUT2D eigenvalue weighted by Gasteiger charge is 2.32. The number of halogens is 4. The maximum Gasteiger partial charge on any atom is 0.389 e. The standard InChI is InChI=1S/C14H17F4N/c15-13-5-2-1-4-12(13)10-8-11(9-10)19-7-3-6-14(16,17)18/h1-2,4-5,10-11,19H,3,6-9H2. The number of hydrogen-bond donors (Lipinski definition) is 1. The molecule has 1 aliphatic carbocycles. The lowest BCUT2D eigenvalue weighted by molar-refractivity contribution is -0.135. The van der Waals surface area contributed by atoms with Crippen LogP contribution < -0.4 is 5.32 Å². The highest BCUT2D eigenvalue weighted by atomic mass is 19.4. The molecule has 0 unspecified atom stereocenters. The van der Waals surface area contributed by atoms with Crippen LogP contribution in [-0.4, -0.2) is 18.8 Å². The van der Waals surface area contributed by atoms with Gasteiger partial charge in [0.1, 0.15) is 5.82 Å². The quantitative estimate of drug-likeness (QED) is 0.632. The Balaban J connectivity index is 1.66. The summed E-state index contributed by atoms with van der Waals surface area (Å²) < 4.78 is 49.3. The van der Waals surface area contributed by atoms with E-state index in [1.807, 2.05) is 6.07 Å². The zero-order chi connectivity index (χ0) is 13.9. The molecule has 1 nitrogen and oxygen atoms in total. The van der Waals surface area contributed by atoms with Crippen molar-refractivity contribution in [3.8, 4) is 0 Å². The second-order valence-corrected chi connectivity index (χ2v) is 5.06. The van der Waals surface area contributed by atoms with Gasteiger partial charge in [-0.2, -0.15) is 13.2 Å². The molecule has 1 aromatic carbocycles. The number of rotatable bonds is 5. The van der Waals surface area contributed by atoms with Crippen molar-refractivity contribution in [3.63, 3.8) is 0 Å². The normalized spacial score (nSPS) is 23.2. The summed E-state index contributed by atoms with van der Waals surface area (Å²) in [5, 5.41) is 3.09. The molecule has 0 aliphatic heterocycles. The van der Waals surface area contributed by atoms with Crippen LogP contribution in [0.25, 0.3) is 0 Å². The molecule has 0 amide bonds. The predicted octanol–water partition coefficient (Wildman–Crippen LogP) is 4.00. The average Bonchev–Trinajstić information content (AvgIpc) is 2.27. The molecule has 1 aliphatic rings. The van der Waals surface area contributed by atoms with Crippen molar-refractivity contribution in [2.75, 3.05) is 6.54 Å². The smallest absolute Gasteiger partial charge is 0.314 e. The fourth-order valence-corrected chi connectivity index (χ4v) is 2.44. The lowest BCUT2D eigenvalue weighted by Crippen LogP contribution is -2.40. The van der Waals surface area contributed by atoms with Crippen molar-refractivity contribution in [3.05, 3.63) is 35.6 Å². The summed E-state index contributed by atoms with van der Waals surface area (Å²) >= 11 is 0. The highest BCUT2D eigenvalue weighted by molar-refractivity contribution is 5.24. The minimum atomic E-state index is -4.07. The molecule has 1 fully saturated rings. The van der Waals surface area contributed by atoms with Gasteiger partial charge >= 0.3 is 6.18 Å². The van der Waals surface area contributed by atoms with Crippen molar-refractivity contribution in [1.82, 2.24) is 5.32 Å². The lowest BCUT2D eigenvalue weighted by Gasteiger charge is -2.36. The Morgan fingerprint density at radius 1 is 1.16 bits per heavy atom. The molecule has 1 aromatic rings. The predicted molar refractivity (Wildman–Crippen MR) is 65.5 cm³/mol. The minimum absolute atomic E-state index is 0.102. The third kappa shape index (κ3) is 4.20. The van der Waals surface area contributed by atoms with E-state index in [-0.39, 0.29) is 24.2 Å². The van der Waals surface area contributed by atoms with E-state index in [0.717, 1.165) is 18.4 Å². The first-order valence-corrected chi connectivity index (χ1v) is 6.50. The molecule has 0 spiro atoms. The Bertz CT molecular complexity index is 410. The first-order chi connectivity index (χ1) is 8.96. The third-order valence-electron chi connectivity index (χ3n) is 3.55. The van der Waals surface area contributed by atoms with Gasteiger partial charge in [0.05, 0.1) is 0 Å². The molecule has 5 heteroatoms. The fraction of sp³-hybridized carbons (Fsp3) is 0.571. The number of benzene rings is 1. The summed E-state index contributed by atoms with van der Waals surface area (Å²) in [4.78, 5) is 0. The molecule has 1 N–H and O–H groups in total. The zero-order valence-electron chi connectivity index (χ0n) is 10.5. The highest BCUT2D eigenvalue weighted by Crippen LogP contribution is 2.37. The van der Waals surface area contributed by atoms with Crippen LogP contribution in [0.4, 0.5) is 17.6 Å². The summed E-state index contributed by atoms with van der Waals surface area (Å²) in [7, 11) is 0. The van der Waals surface area contributed by atoms with Gasteiger partial charge in [0, 0.05) is 12.5 Å². The Labute approximate surface area is 110 Å². The van der Waals surface area contributed by atoms with Crippen LogP contribution in [0.1, 0.15) is 37.2 Å². The monoisotopic (exact) mass is 275 g/mol. The zero-order valence-corrected chi connectivity index (χ0v) is 10.5. The van der Waals surface area contributed by atoms with Crippen molar-refractivity contribution < 1.29 is 17.6 Å². The molecule has 0 atom stereocenters. The Morgan fingerprint density at radius 2 is 1.84 bits per heavy atom. The van der Waals surface area contributed by atoms with E-state index >= 15 is 0 Å². The molecular formula is C14H17F4N. The van der Waals surface area contributed by atoms with Crippen LogP contribution in [0.2, 0.25) is 0 Å². The van der Waals surface area contributed by atoms with Gasteiger partial charge in [-0.15, -0.1) is 0 Å². The van der Waals surface area contributed by atoms with Gasteiger partial charge in [0.15, 0.2) is 0 Å². The van der Waals surface area contributed by atoms with Crippen molar-refractivity contribution in [1.29, 1.82) is 0 Å². The van der Waals surface area contributed by atoms with Gasteiger partial charge in [-0.25, -0.2) is 4.39 Å². The van der Waals surface area contributed by atoms with Crippen LogP contribution in [0, 0.1) is 5.82 Å². The molecule has 19 heavy (non-hydrogen) atoms. The topological polar surface area (TPSA) is 12.0 Å². The van der Waals surface area contributed by atoms with Gasteiger partial charge in [0.2, 0.25) is 0 Å². The van der Waals surface area contributed by atoms with Crippen LogP contribution >= 0.6 is 0 Å². The summed E-state index contributed by atoms with van der Waals surface area (Å²) in [5.41, 5.74) is 0.718. The number of hydrogen-bond acceptors (Lipinski definition) is 1. The third-order valence-corrected chi connectivity index (χ3v) is 3.55. The number of nitrogens with one attached hydrogen (secondary N) is 1. The Hall–Kier alpha value is -1.10. The van der Waals surface area contributed by atoms with Crippen LogP contribution in [0.15, 0.2) is 24.3 Å². The van der Waals surface area contributed by atoms with E-state index in [4.69, 9.17) is 0 Å². The van der Waals surface area contributed by atoms with Gasteiger partial charge in [0.25, 0.3) is 0 Å². The van der Waals surface area contributed by atoms with Crippen molar-refractivity contribution in [2.45, 2.75) is 43.8 Å². The molecule has 0 radical (unpaired) electrons. The van der Waals surface area contributed by atoms with Crippen LogP contribution in [0.5, 0.6) is 0 Å². The second kappa shape index (κ2) is 5.90. The van der Waals surface area contributed by atoms with Gasteiger partial charge in [-0.05, 0) is 43.4 Å². The maximum atomic E-state index is 13.5. The Kier molecular flexibility index (Phi) is 4.45. The molecule has 1 saturated carbocycles. The first-order valence-electron chi connectivity index (χ1n) is 6.50. The van der Waals surface area contributed by atoms with E-state index < -0.39 is 12.6 Å². The van der Waals surface area contributed by atoms with E-state index in [0.29, 0.717) is 6.54 Å². The molecule has 0 saturated heterocycles. The van der Waals surface area contributed by atoms with Crippen molar-refractivity contribution >= 4 is 0 Å². The summed E-state index contributed by atoms with van der Waals surface area (Å²) in [6.07, 6.45) is -3.12. The van der Waals surface area contributed by atoms with Gasteiger partial charge in [-0.3, -0.25) is 0 Å². The van der Waals surface area contributed by atoms with Gasteiger partial charge < -0.3 is 5.32 Å².